The molecule has 0 saturated heterocycles. The highest BCUT2D eigenvalue weighted by Gasteiger charge is 2.33. The zero-order valence-corrected chi connectivity index (χ0v) is 17.4. The number of alkyl halides is 3. The summed E-state index contributed by atoms with van der Waals surface area (Å²) in [5.41, 5.74) is 0.364. The first kappa shape index (κ1) is 20.5. The van der Waals surface area contributed by atoms with Crippen LogP contribution in [0, 0.1) is 0 Å². The average molecular weight is 462 g/mol. The van der Waals surface area contributed by atoms with E-state index in [0.717, 1.165) is 34.4 Å². The second-order valence-electron chi connectivity index (χ2n) is 7.39. The Morgan fingerprint density at radius 2 is 1.75 bits per heavy atom. The minimum absolute atomic E-state index is 0.0620. The summed E-state index contributed by atoms with van der Waals surface area (Å²) in [4.78, 5) is 3.98. The molecule has 0 saturated carbocycles. The molecule has 0 unspecified atom stereocenters. The van der Waals surface area contributed by atoms with E-state index in [1.165, 1.54) is 16.4 Å². The van der Waals surface area contributed by atoms with Crippen LogP contribution in [0.15, 0.2) is 60.0 Å². The van der Waals surface area contributed by atoms with Crippen LogP contribution in [0.5, 0.6) is 0 Å². The predicted octanol–water partition coefficient (Wildman–Crippen LogP) is 3.62. The summed E-state index contributed by atoms with van der Waals surface area (Å²) in [6.45, 7) is 0.997. The SMILES string of the molecule is O=S(=O)(c1ccc(-n2cc(C(F)(F)F)cn2)nc1)N1CCCCn2ncc3cccc1c32. The molecule has 4 heterocycles. The Balaban J connectivity index is 1.52. The van der Waals surface area contributed by atoms with Gasteiger partial charge in [0.05, 0.1) is 29.2 Å². The van der Waals surface area contributed by atoms with Crippen LogP contribution in [-0.2, 0) is 22.7 Å². The van der Waals surface area contributed by atoms with Gasteiger partial charge in [0.25, 0.3) is 10.0 Å². The lowest BCUT2D eigenvalue weighted by atomic mass is 10.2. The molecule has 0 bridgehead atoms. The van der Waals surface area contributed by atoms with Gasteiger partial charge in [-0.3, -0.25) is 8.99 Å². The molecule has 0 fully saturated rings. The third-order valence-corrected chi connectivity index (χ3v) is 7.14. The van der Waals surface area contributed by atoms with E-state index in [9.17, 15) is 21.6 Å². The Morgan fingerprint density at radius 3 is 2.47 bits per heavy atom. The summed E-state index contributed by atoms with van der Waals surface area (Å²) >= 11 is 0. The number of sulfonamides is 1. The van der Waals surface area contributed by atoms with Gasteiger partial charge in [0.1, 0.15) is 4.90 Å². The molecule has 12 heteroatoms. The molecule has 0 atom stereocenters. The second kappa shape index (κ2) is 7.33. The smallest absolute Gasteiger partial charge is 0.264 e. The maximum absolute atomic E-state index is 13.5. The van der Waals surface area contributed by atoms with Crippen molar-refractivity contribution in [1.82, 2.24) is 24.5 Å². The van der Waals surface area contributed by atoms with E-state index in [-0.39, 0.29) is 10.7 Å². The normalized spacial score (nSPS) is 15.0. The van der Waals surface area contributed by atoms with E-state index in [2.05, 4.69) is 15.2 Å². The molecule has 1 aliphatic rings. The van der Waals surface area contributed by atoms with E-state index in [4.69, 9.17) is 0 Å². The lowest BCUT2D eigenvalue weighted by Gasteiger charge is -2.27. The van der Waals surface area contributed by atoms with Gasteiger partial charge in [0, 0.05) is 30.9 Å². The Hall–Kier alpha value is -3.41. The van der Waals surface area contributed by atoms with Gasteiger partial charge in [0.15, 0.2) is 5.82 Å². The first-order chi connectivity index (χ1) is 15.2. The Kier molecular flexibility index (Phi) is 4.69. The van der Waals surface area contributed by atoms with Crippen LogP contribution in [0.25, 0.3) is 16.7 Å². The highest BCUT2D eigenvalue weighted by molar-refractivity contribution is 7.92. The van der Waals surface area contributed by atoms with Crippen molar-refractivity contribution in [2.45, 2.75) is 30.5 Å². The molecular formula is C20H17F3N6O2S. The van der Waals surface area contributed by atoms with E-state index in [0.29, 0.717) is 31.4 Å². The Morgan fingerprint density at radius 1 is 0.938 bits per heavy atom. The lowest BCUT2D eigenvalue weighted by molar-refractivity contribution is -0.137. The molecule has 8 nitrogen and oxygen atoms in total. The molecule has 5 rings (SSSR count). The quantitative estimate of drug-likeness (QED) is 0.464. The second-order valence-corrected chi connectivity index (χ2v) is 9.25. The average Bonchev–Trinajstić information content (AvgIpc) is 3.39. The number of para-hydroxylation sites is 1. The number of aryl methyl sites for hydroxylation is 1. The minimum Gasteiger partial charge on any atom is -0.264 e. The number of halogens is 3. The zero-order chi connectivity index (χ0) is 22.5. The fourth-order valence-electron chi connectivity index (χ4n) is 3.76. The lowest BCUT2D eigenvalue weighted by Crippen LogP contribution is -2.33. The van der Waals surface area contributed by atoms with Crippen LogP contribution in [0.1, 0.15) is 18.4 Å². The molecule has 3 aromatic heterocycles. The van der Waals surface area contributed by atoms with Crippen molar-refractivity contribution in [3.8, 4) is 5.82 Å². The molecule has 0 radical (unpaired) electrons. The maximum atomic E-state index is 13.5. The van der Waals surface area contributed by atoms with Gasteiger partial charge >= 0.3 is 6.18 Å². The molecular weight excluding hydrogens is 445 g/mol. The summed E-state index contributed by atoms with van der Waals surface area (Å²) in [5.74, 6) is 0.0762. The third kappa shape index (κ3) is 3.40. The third-order valence-electron chi connectivity index (χ3n) is 5.34. The molecule has 4 aromatic rings. The van der Waals surface area contributed by atoms with Crippen molar-refractivity contribution >= 4 is 26.6 Å². The number of pyridine rings is 1. The van der Waals surface area contributed by atoms with Gasteiger partial charge in [-0.15, -0.1) is 0 Å². The van der Waals surface area contributed by atoms with E-state index in [1.807, 2.05) is 10.7 Å². The number of nitrogens with zero attached hydrogens (tertiary/aromatic N) is 6. The first-order valence-corrected chi connectivity index (χ1v) is 11.2. The van der Waals surface area contributed by atoms with Crippen molar-refractivity contribution in [3.63, 3.8) is 0 Å². The fraction of sp³-hybridized carbons (Fsp3) is 0.250. The van der Waals surface area contributed by atoms with Gasteiger partial charge in [-0.05, 0) is 31.0 Å². The number of hydrogen-bond donors (Lipinski definition) is 0. The number of aromatic nitrogens is 5. The molecule has 0 N–H and O–H groups in total. The minimum atomic E-state index is -4.53. The summed E-state index contributed by atoms with van der Waals surface area (Å²) in [5, 5.41) is 8.89. The number of rotatable bonds is 3. The van der Waals surface area contributed by atoms with Crippen molar-refractivity contribution < 1.29 is 21.6 Å². The van der Waals surface area contributed by atoms with Gasteiger partial charge in [-0.2, -0.15) is 23.4 Å². The summed E-state index contributed by atoms with van der Waals surface area (Å²) in [7, 11) is -3.97. The van der Waals surface area contributed by atoms with Crippen molar-refractivity contribution in [1.29, 1.82) is 0 Å². The van der Waals surface area contributed by atoms with Gasteiger partial charge in [-0.1, -0.05) is 12.1 Å². The topological polar surface area (TPSA) is 85.9 Å². The van der Waals surface area contributed by atoms with Crippen LogP contribution in [0.4, 0.5) is 18.9 Å². The van der Waals surface area contributed by atoms with Crippen molar-refractivity contribution in [2.75, 3.05) is 10.8 Å². The molecule has 166 valence electrons. The summed E-state index contributed by atoms with van der Waals surface area (Å²) < 4.78 is 69.5. The standard InChI is InChI=1S/C20H17F3N6O2S/c21-20(22,23)15-11-26-28(13-15)18-7-6-16(12-24-18)32(30,31)29-9-2-1-8-27-19-14(10-25-27)4-3-5-17(19)29/h3-7,10-13H,1-2,8-9H2. The summed E-state index contributed by atoms with van der Waals surface area (Å²) in [6.07, 6.45) is 1.23. The predicted molar refractivity (Wildman–Crippen MR) is 110 cm³/mol. The fourth-order valence-corrected chi connectivity index (χ4v) is 5.22. The molecule has 1 aliphatic heterocycles. The van der Waals surface area contributed by atoms with Crippen LogP contribution in [0.3, 0.4) is 0 Å². The van der Waals surface area contributed by atoms with Gasteiger partial charge in [0.2, 0.25) is 0 Å². The van der Waals surface area contributed by atoms with Crippen molar-refractivity contribution in [2.24, 2.45) is 0 Å². The molecule has 0 aliphatic carbocycles. The van der Waals surface area contributed by atoms with E-state index >= 15 is 0 Å². The molecule has 32 heavy (non-hydrogen) atoms. The zero-order valence-electron chi connectivity index (χ0n) is 16.6. The number of hydrogen-bond acceptors (Lipinski definition) is 5. The first-order valence-electron chi connectivity index (χ1n) is 9.81. The Labute approximate surface area is 180 Å². The molecule has 0 amide bonds. The monoisotopic (exact) mass is 462 g/mol. The number of anilines is 1. The largest absolute Gasteiger partial charge is 0.419 e. The number of benzene rings is 1. The highest BCUT2D eigenvalue weighted by Crippen LogP contribution is 2.33. The van der Waals surface area contributed by atoms with E-state index in [1.54, 1.807) is 18.3 Å². The molecule has 0 spiro atoms. The van der Waals surface area contributed by atoms with Crippen LogP contribution < -0.4 is 4.31 Å². The van der Waals surface area contributed by atoms with E-state index < -0.39 is 21.8 Å². The molecule has 1 aromatic carbocycles. The highest BCUT2D eigenvalue weighted by atomic mass is 32.2. The van der Waals surface area contributed by atoms with Gasteiger partial charge < -0.3 is 0 Å². The Bertz CT molecular complexity index is 1390. The van der Waals surface area contributed by atoms with Crippen LogP contribution in [-0.4, -0.2) is 39.5 Å². The summed E-state index contributed by atoms with van der Waals surface area (Å²) in [6, 6.07) is 8.06. The van der Waals surface area contributed by atoms with Crippen LogP contribution >= 0.6 is 0 Å². The van der Waals surface area contributed by atoms with Gasteiger partial charge in [-0.25, -0.2) is 18.1 Å². The van der Waals surface area contributed by atoms with Crippen molar-refractivity contribution in [3.05, 3.63) is 60.7 Å². The van der Waals surface area contributed by atoms with Crippen LogP contribution in [0.2, 0.25) is 0 Å². The maximum Gasteiger partial charge on any atom is 0.419 e.